The first-order valence-corrected chi connectivity index (χ1v) is 6.33. The molecule has 1 aromatic rings. The number of hydrogen-bond donors (Lipinski definition) is 0. The fourth-order valence-electron chi connectivity index (χ4n) is 1.26. The van der Waals surface area contributed by atoms with Crippen molar-refractivity contribution in [2.45, 2.75) is 18.1 Å². The summed E-state index contributed by atoms with van der Waals surface area (Å²) in [5, 5.41) is 0.982. The highest BCUT2D eigenvalue weighted by atomic mass is 32.2. The van der Waals surface area contributed by atoms with E-state index in [0.29, 0.717) is 5.75 Å². The number of rotatable bonds is 4. The van der Waals surface area contributed by atoms with Gasteiger partial charge in [-0.2, -0.15) is 13.2 Å². The third-order valence-corrected chi connectivity index (χ3v) is 3.10. The van der Waals surface area contributed by atoms with Crippen LogP contribution in [0.2, 0.25) is 0 Å². The van der Waals surface area contributed by atoms with Crippen LogP contribution < -0.4 is 0 Å². The Bertz CT molecular complexity index is 466. The molecule has 4 nitrogen and oxygen atoms in total. The molecule has 0 N–H and O–H groups in total. The van der Waals surface area contributed by atoms with E-state index < -0.39 is 17.8 Å². The summed E-state index contributed by atoms with van der Waals surface area (Å²) in [5.41, 5.74) is -0.927. The van der Waals surface area contributed by atoms with Gasteiger partial charge in [0.05, 0.1) is 12.7 Å². The second-order valence-electron chi connectivity index (χ2n) is 3.47. The Labute approximate surface area is 112 Å². The van der Waals surface area contributed by atoms with Crippen LogP contribution in [0.4, 0.5) is 13.2 Å². The number of aromatic nitrogens is 1. The molecular formula is C11H13F3N2O2S. The normalized spacial score (nSPS) is 11.5. The van der Waals surface area contributed by atoms with Gasteiger partial charge in [-0.25, -0.2) is 10.0 Å². The van der Waals surface area contributed by atoms with Gasteiger partial charge < -0.3 is 0 Å². The molecule has 0 fully saturated rings. The molecule has 0 unspecified atom stereocenters. The van der Waals surface area contributed by atoms with Crippen molar-refractivity contribution in [3.05, 3.63) is 23.4 Å². The molecule has 1 amide bonds. The van der Waals surface area contributed by atoms with Gasteiger partial charge in [-0.05, 0) is 17.9 Å². The number of pyridine rings is 1. The number of carbonyl (C=O) groups excluding carboxylic acids is 1. The molecule has 106 valence electrons. The van der Waals surface area contributed by atoms with Crippen LogP contribution in [0.15, 0.2) is 17.2 Å². The van der Waals surface area contributed by atoms with Crippen molar-refractivity contribution in [3.63, 3.8) is 0 Å². The summed E-state index contributed by atoms with van der Waals surface area (Å²) in [4.78, 5) is 20.1. The maximum absolute atomic E-state index is 12.6. The molecule has 0 aliphatic carbocycles. The molecule has 0 aliphatic heterocycles. The van der Waals surface area contributed by atoms with Crippen molar-refractivity contribution in [1.29, 1.82) is 0 Å². The van der Waals surface area contributed by atoms with Crippen molar-refractivity contribution in [2.24, 2.45) is 0 Å². The summed E-state index contributed by atoms with van der Waals surface area (Å²) >= 11 is 1.07. The lowest BCUT2D eigenvalue weighted by Crippen LogP contribution is -2.26. The van der Waals surface area contributed by atoms with Crippen LogP contribution in [-0.2, 0) is 11.0 Å². The molecule has 0 radical (unpaired) electrons. The first-order valence-electron chi connectivity index (χ1n) is 5.34. The van der Waals surface area contributed by atoms with Crippen molar-refractivity contribution in [3.8, 4) is 0 Å². The van der Waals surface area contributed by atoms with Gasteiger partial charge in [0.25, 0.3) is 5.91 Å². The van der Waals surface area contributed by atoms with Crippen molar-refractivity contribution >= 4 is 17.7 Å². The van der Waals surface area contributed by atoms with E-state index in [4.69, 9.17) is 4.84 Å². The van der Waals surface area contributed by atoms with Gasteiger partial charge in [0.15, 0.2) is 0 Å². The van der Waals surface area contributed by atoms with Crippen LogP contribution in [0.1, 0.15) is 23.0 Å². The fourth-order valence-corrected chi connectivity index (χ4v) is 2.01. The molecule has 0 aromatic carbocycles. The molecule has 0 spiro atoms. The Kier molecular flexibility index (Phi) is 5.19. The molecule has 1 heterocycles. The average molecular weight is 294 g/mol. The van der Waals surface area contributed by atoms with Crippen LogP contribution in [0.5, 0.6) is 0 Å². The number of halogens is 3. The highest BCUT2D eigenvalue weighted by Crippen LogP contribution is 2.31. The van der Waals surface area contributed by atoms with Gasteiger partial charge in [-0.1, -0.05) is 6.92 Å². The van der Waals surface area contributed by atoms with Crippen LogP contribution in [-0.4, -0.2) is 35.9 Å². The standard InChI is InChI=1S/C11H13F3N2O2S/c1-4-19-9-7(10(17)16(2)18-3)5-6-8(15-9)11(12,13)14/h5-6H,4H2,1-3H3. The van der Waals surface area contributed by atoms with Crippen LogP contribution in [0.25, 0.3) is 0 Å². The maximum atomic E-state index is 12.6. The van der Waals surface area contributed by atoms with Gasteiger partial charge in [-0.3, -0.25) is 9.63 Å². The largest absolute Gasteiger partial charge is 0.433 e. The zero-order valence-corrected chi connectivity index (χ0v) is 11.4. The molecule has 19 heavy (non-hydrogen) atoms. The summed E-state index contributed by atoms with van der Waals surface area (Å²) in [6.45, 7) is 1.76. The first kappa shape index (κ1) is 15.8. The highest BCUT2D eigenvalue weighted by molar-refractivity contribution is 7.99. The van der Waals surface area contributed by atoms with E-state index in [1.165, 1.54) is 14.2 Å². The minimum absolute atomic E-state index is 0.0474. The average Bonchev–Trinajstić information content (AvgIpc) is 2.36. The smallest absolute Gasteiger partial charge is 0.274 e. The van der Waals surface area contributed by atoms with Gasteiger partial charge in [0.2, 0.25) is 0 Å². The van der Waals surface area contributed by atoms with Crippen LogP contribution in [0, 0.1) is 0 Å². The van der Waals surface area contributed by atoms with E-state index in [1.54, 1.807) is 6.92 Å². The topological polar surface area (TPSA) is 42.4 Å². The quantitative estimate of drug-likeness (QED) is 0.632. The summed E-state index contributed by atoms with van der Waals surface area (Å²) in [5.74, 6) is -0.0367. The third-order valence-electron chi connectivity index (χ3n) is 2.22. The first-order chi connectivity index (χ1) is 8.81. The van der Waals surface area contributed by atoms with Crippen LogP contribution >= 0.6 is 11.8 Å². The number of hydrogen-bond acceptors (Lipinski definition) is 4. The molecule has 0 aliphatic rings. The Hall–Kier alpha value is -1.28. The fraction of sp³-hybridized carbons (Fsp3) is 0.455. The van der Waals surface area contributed by atoms with Gasteiger partial charge in [0.1, 0.15) is 10.7 Å². The maximum Gasteiger partial charge on any atom is 0.433 e. The predicted molar refractivity (Wildman–Crippen MR) is 64.7 cm³/mol. The van der Waals surface area contributed by atoms with Crippen molar-refractivity contribution < 1.29 is 22.8 Å². The van der Waals surface area contributed by atoms with E-state index >= 15 is 0 Å². The molecule has 0 saturated heterocycles. The van der Waals surface area contributed by atoms with E-state index in [0.717, 1.165) is 29.0 Å². The SMILES string of the molecule is CCSc1nc(C(F)(F)F)ccc1C(=O)N(C)OC. The van der Waals surface area contributed by atoms with E-state index in [9.17, 15) is 18.0 Å². The molecule has 0 atom stereocenters. The minimum Gasteiger partial charge on any atom is -0.274 e. The van der Waals surface area contributed by atoms with Gasteiger partial charge in [0, 0.05) is 7.05 Å². The molecule has 0 saturated carbocycles. The number of alkyl halides is 3. The highest BCUT2D eigenvalue weighted by Gasteiger charge is 2.33. The number of carbonyl (C=O) groups is 1. The summed E-state index contributed by atoms with van der Waals surface area (Å²) in [6, 6.07) is 1.90. The lowest BCUT2D eigenvalue weighted by atomic mass is 10.2. The Morgan fingerprint density at radius 1 is 1.47 bits per heavy atom. The van der Waals surface area contributed by atoms with Crippen molar-refractivity contribution in [2.75, 3.05) is 19.9 Å². The van der Waals surface area contributed by atoms with E-state index in [-0.39, 0.29) is 10.6 Å². The number of hydroxylamine groups is 2. The van der Waals surface area contributed by atoms with Gasteiger partial charge >= 0.3 is 6.18 Å². The Morgan fingerprint density at radius 3 is 2.58 bits per heavy atom. The van der Waals surface area contributed by atoms with Gasteiger partial charge in [-0.15, -0.1) is 11.8 Å². The summed E-state index contributed by atoms with van der Waals surface area (Å²) in [6.07, 6.45) is -4.53. The molecule has 0 bridgehead atoms. The lowest BCUT2D eigenvalue weighted by Gasteiger charge is -2.16. The number of thioether (sulfide) groups is 1. The predicted octanol–water partition coefficient (Wildman–Crippen LogP) is 2.85. The van der Waals surface area contributed by atoms with E-state index in [2.05, 4.69) is 4.98 Å². The van der Waals surface area contributed by atoms with Crippen molar-refractivity contribution in [1.82, 2.24) is 10.0 Å². The summed E-state index contributed by atoms with van der Waals surface area (Å²) < 4.78 is 37.7. The molecule has 1 rings (SSSR count). The Morgan fingerprint density at radius 2 is 2.11 bits per heavy atom. The summed E-state index contributed by atoms with van der Waals surface area (Å²) in [7, 11) is 2.67. The second-order valence-corrected chi connectivity index (χ2v) is 4.72. The third kappa shape index (κ3) is 3.84. The zero-order chi connectivity index (χ0) is 14.6. The van der Waals surface area contributed by atoms with Crippen LogP contribution in [0.3, 0.4) is 0 Å². The lowest BCUT2D eigenvalue weighted by molar-refractivity contribution is -0.141. The molecule has 1 aromatic heterocycles. The zero-order valence-electron chi connectivity index (χ0n) is 10.6. The molecular weight excluding hydrogens is 281 g/mol. The number of amides is 1. The molecule has 8 heteroatoms. The minimum atomic E-state index is -4.53. The number of nitrogens with zero attached hydrogens (tertiary/aromatic N) is 2. The monoisotopic (exact) mass is 294 g/mol. The second kappa shape index (κ2) is 6.25. The Balaban J connectivity index is 3.22. The van der Waals surface area contributed by atoms with E-state index in [1.807, 2.05) is 0 Å².